The van der Waals surface area contributed by atoms with Gasteiger partial charge < -0.3 is 25.4 Å². The molecule has 0 aliphatic carbocycles. The third-order valence-corrected chi connectivity index (χ3v) is 8.13. The number of amides is 3. The molecule has 10 nitrogen and oxygen atoms in total. The molecule has 228 valence electrons. The number of thiazole rings is 1. The lowest BCUT2D eigenvalue weighted by Gasteiger charge is -2.25. The zero-order chi connectivity index (χ0) is 30.8. The summed E-state index contributed by atoms with van der Waals surface area (Å²) in [5, 5.41) is 8.60. The first-order valence-corrected chi connectivity index (χ1v) is 15.1. The van der Waals surface area contributed by atoms with Crippen LogP contribution in [-0.4, -0.2) is 72.5 Å². The molecule has 2 aromatic carbocycles. The third-order valence-electron chi connectivity index (χ3n) is 7.22. The molecule has 4 rings (SSSR count). The maximum Gasteiger partial charge on any atom is 0.280 e. The average Bonchev–Trinajstić information content (AvgIpc) is 3.61. The van der Waals surface area contributed by atoms with E-state index in [1.54, 1.807) is 13.1 Å². The van der Waals surface area contributed by atoms with Crippen molar-refractivity contribution in [2.45, 2.75) is 63.3 Å². The van der Waals surface area contributed by atoms with E-state index in [4.69, 9.17) is 9.47 Å². The molecule has 3 N–H and O–H groups in total. The minimum Gasteiger partial charge on any atom is -0.382 e. The second-order valence-electron chi connectivity index (χ2n) is 10.8. The fraction of sp³-hybridized carbons (Fsp3) is 0.406. The van der Waals surface area contributed by atoms with Crippen LogP contribution in [0.15, 0.2) is 66.9 Å². The van der Waals surface area contributed by atoms with E-state index >= 15 is 0 Å². The molecule has 3 aromatic rings. The second kappa shape index (κ2) is 15.0. The minimum atomic E-state index is -1.10. The van der Waals surface area contributed by atoms with E-state index in [1.165, 1.54) is 18.4 Å². The van der Waals surface area contributed by atoms with Gasteiger partial charge in [-0.3, -0.25) is 19.2 Å². The Morgan fingerprint density at radius 1 is 0.930 bits per heavy atom. The molecule has 4 atom stereocenters. The highest BCUT2D eigenvalue weighted by molar-refractivity contribution is 7.13. The van der Waals surface area contributed by atoms with Gasteiger partial charge in [-0.05, 0) is 50.7 Å². The summed E-state index contributed by atoms with van der Waals surface area (Å²) in [4.78, 5) is 58.3. The monoisotopic (exact) mass is 606 g/mol. The largest absolute Gasteiger partial charge is 0.382 e. The molecule has 0 spiro atoms. The van der Waals surface area contributed by atoms with Gasteiger partial charge >= 0.3 is 0 Å². The smallest absolute Gasteiger partial charge is 0.280 e. The van der Waals surface area contributed by atoms with Crippen LogP contribution in [0.3, 0.4) is 0 Å². The maximum absolute atomic E-state index is 13.6. The molecule has 11 heteroatoms. The molecule has 0 bridgehead atoms. The molecule has 1 fully saturated rings. The van der Waals surface area contributed by atoms with Gasteiger partial charge in [0.15, 0.2) is 10.8 Å². The Bertz CT molecular complexity index is 1390. The third kappa shape index (κ3) is 9.28. The number of epoxide rings is 1. The summed E-state index contributed by atoms with van der Waals surface area (Å²) < 4.78 is 10.6. The fourth-order valence-corrected chi connectivity index (χ4v) is 5.34. The first kappa shape index (κ1) is 32.0. The standard InChI is InChI=1S/C32H38N4O6S/c1-21-18-33-31(43-21)30(40)34-24(16-10-15-22-11-6-4-7-12-22)28(38)36-26(19-41-3)29(39)35-25(27(37)32(2)20-42-32)17-23-13-8-5-9-14-23/h4-9,11-14,18,24-26H,10,15-17,19-20H2,1-3H3,(H,34,40)(H,35,39)(H,36,38)/t24-,25-,26-,32+/m0/s1. The number of benzene rings is 2. The van der Waals surface area contributed by atoms with Crippen LogP contribution in [-0.2, 0) is 36.7 Å². The van der Waals surface area contributed by atoms with E-state index in [1.807, 2.05) is 67.6 Å². The van der Waals surface area contributed by atoms with Crippen molar-refractivity contribution in [2.24, 2.45) is 0 Å². The van der Waals surface area contributed by atoms with Gasteiger partial charge in [0.05, 0.1) is 19.3 Å². The number of methoxy groups -OCH3 is 1. The van der Waals surface area contributed by atoms with Crippen molar-refractivity contribution in [3.05, 3.63) is 87.9 Å². The predicted octanol–water partition coefficient (Wildman–Crippen LogP) is 2.79. The molecular formula is C32H38N4O6S. The maximum atomic E-state index is 13.6. The molecule has 0 radical (unpaired) electrons. The van der Waals surface area contributed by atoms with E-state index in [2.05, 4.69) is 20.9 Å². The molecule has 0 saturated carbocycles. The quantitative estimate of drug-likeness (QED) is 0.213. The number of ketones is 1. The predicted molar refractivity (Wildman–Crippen MR) is 163 cm³/mol. The molecule has 1 aliphatic rings. The normalized spacial score (nSPS) is 17.7. The Balaban J connectivity index is 1.46. The Kier molecular flexibility index (Phi) is 11.2. The van der Waals surface area contributed by atoms with Gasteiger partial charge in [0, 0.05) is 18.2 Å². The lowest BCUT2D eigenvalue weighted by atomic mass is 9.94. The van der Waals surface area contributed by atoms with Gasteiger partial charge in [-0.25, -0.2) is 4.98 Å². The summed E-state index contributed by atoms with van der Waals surface area (Å²) in [5.41, 5.74) is 1.04. The van der Waals surface area contributed by atoms with Gasteiger partial charge in [0.25, 0.3) is 5.91 Å². The number of nitrogens with one attached hydrogen (secondary N) is 3. The molecular weight excluding hydrogens is 568 g/mol. The summed E-state index contributed by atoms with van der Waals surface area (Å²) in [6.07, 6.45) is 3.53. The van der Waals surface area contributed by atoms with Crippen molar-refractivity contribution < 1.29 is 28.7 Å². The average molecular weight is 607 g/mol. The Labute approximate surface area is 255 Å². The van der Waals surface area contributed by atoms with Crippen LogP contribution >= 0.6 is 11.3 Å². The molecule has 2 heterocycles. The van der Waals surface area contributed by atoms with Crippen LogP contribution in [0.5, 0.6) is 0 Å². The number of carbonyl (C=O) groups is 4. The van der Waals surface area contributed by atoms with Crippen molar-refractivity contribution in [1.29, 1.82) is 0 Å². The van der Waals surface area contributed by atoms with Gasteiger partial charge in [-0.15, -0.1) is 11.3 Å². The first-order valence-electron chi connectivity index (χ1n) is 14.3. The van der Waals surface area contributed by atoms with E-state index in [0.29, 0.717) is 19.3 Å². The summed E-state index contributed by atoms with van der Waals surface area (Å²) in [7, 11) is 1.42. The van der Waals surface area contributed by atoms with E-state index in [0.717, 1.165) is 16.0 Å². The Hall–Kier alpha value is -3.93. The van der Waals surface area contributed by atoms with Crippen LogP contribution in [0.1, 0.15) is 45.6 Å². The van der Waals surface area contributed by atoms with Gasteiger partial charge in [-0.1, -0.05) is 60.7 Å². The van der Waals surface area contributed by atoms with Crippen molar-refractivity contribution in [3.8, 4) is 0 Å². The Morgan fingerprint density at radius 2 is 1.53 bits per heavy atom. The summed E-state index contributed by atoms with van der Waals surface area (Å²) >= 11 is 1.23. The highest BCUT2D eigenvalue weighted by Gasteiger charge is 2.50. The van der Waals surface area contributed by atoms with Crippen molar-refractivity contribution >= 4 is 34.8 Å². The summed E-state index contributed by atoms with van der Waals surface area (Å²) in [6.45, 7) is 3.70. The zero-order valence-electron chi connectivity index (χ0n) is 24.6. The molecule has 43 heavy (non-hydrogen) atoms. The minimum absolute atomic E-state index is 0.131. The fourth-order valence-electron chi connectivity index (χ4n) is 4.68. The SMILES string of the molecule is COC[C@H](NC(=O)[C@H](CCCc1ccccc1)NC(=O)c1ncc(C)s1)C(=O)N[C@@H](Cc1ccccc1)C(=O)[C@@]1(C)CO1. The van der Waals surface area contributed by atoms with Gasteiger partial charge in [0.2, 0.25) is 11.8 Å². The van der Waals surface area contributed by atoms with E-state index < -0.39 is 41.4 Å². The van der Waals surface area contributed by atoms with E-state index in [9.17, 15) is 19.2 Å². The highest BCUT2D eigenvalue weighted by atomic mass is 32.1. The molecule has 1 aliphatic heterocycles. The van der Waals surface area contributed by atoms with Crippen molar-refractivity contribution in [1.82, 2.24) is 20.9 Å². The number of aryl methyl sites for hydroxylation is 2. The number of aromatic nitrogens is 1. The first-order chi connectivity index (χ1) is 20.7. The van der Waals surface area contributed by atoms with Crippen LogP contribution in [0.2, 0.25) is 0 Å². The number of nitrogens with zero attached hydrogens (tertiary/aromatic N) is 1. The van der Waals surface area contributed by atoms with Crippen LogP contribution < -0.4 is 16.0 Å². The lowest BCUT2D eigenvalue weighted by molar-refractivity contribution is -0.134. The summed E-state index contributed by atoms with van der Waals surface area (Å²) in [5.74, 6) is -1.80. The molecule has 1 aromatic heterocycles. The van der Waals surface area contributed by atoms with Crippen LogP contribution in [0, 0.1) is 6.92 Å². The lowest BCUT2D eigenvalue weighted by Crippen LogP contribution is -2.58. The van der Waals surface area contributed by atoms with Gasteiger partial charge in [0.1, 0.15) is 17.7 Å². The number of rotatable bonds is 16. The topological polar surface area (TPSA) is 139 Å². The number of carbonyl (C=O) groups excluding carboxylic acids is 4. The zero-order valence-corrected chi connectivity index (χ0v) is 25.4. The Morgan fingerprint density at radius 3 is 2.12 bits per heavy atom. The number of Topliss-reactive ketones (excluding diaryl/α,β-unsaturated/α-hetero) is 1. The van der Waals surface area contributed by atoms with Crippen molar-refractivity contribution in [3.63, 3.8) is 0 Å². The highest BCUT2D eigenvalue weighted by Crippen LogP contribution is 2.29. The van der Waals surface area contributed by atoms with E-state index in [-0.39, 0.29) is 30.4 Å². The number of hydrogen-bond acceptors (Lipinski definition) is 8. The second-order valence-corrected chi connectivity index (χ2v) is 12.1. The summed E-state index contributed by atoms with van der Waals surface area (Å²) in [6, 6.07) is 16.3. The van der Waals surface area contributed by atoms with Crippen molar-refractivity contribution in [2.75, 3.05) is 20.3 Å². The number of hydrogen-bond donors (Lipinski definition) is 3. The number of ether oxygens (including phenoxy) is 2. The molecule has 1 saturated heterocycles. The molecule has 3 amide bonds. The van der Waals surface area contributed by atoms with Gasteiger partial charge in [-0.2, -0.15) is 0 Å². The van der Waals surface area contributed by atoms with Crippen LogP contribution in [0.25, 0.3) is 0 Å². The van der Waals surface area contributed by atoms with Crippen LogP contribution in [0.4, 0.5) is 0 Å². The molecule has 0 unspecified atom stereocenters.